The number of nitrogens with two attached hydrogens (primary N) is 2. The summed E-state index contributed by atoms with van der Waals surface area (Å²) in [4.78, 5) is 3.07. The molecule has 1 saturated heterocycles. The van der Waals surface area contributed by atoms with Gasteiger partial charge in [0.15, 0.2) is 0 Å². The van der Waals surface area contributed by atoms with E-state index in [1.807, 2.05) is 18.3 Å². The van der Waals surface area contributed by atoms with Crippen LogP contribution >= 0.6 is 0 Å². The Bertz CT molecular complexity index is 700. The summed E-state index contributed by atoms with van der Waals surface area (Å²) in [7, 11) is 0. The van der Waals surface area contributed by atoms with Gasteiger partial charge >= 0.3 is 0 Å². The van der Waals surface area contributed by atoms with E-state index >= 15 is 0 Å². The van der Waals surface area contributed by atoms with Crippen molar-refractivity contribution < 1.29 is 9.84 Å². The Balaban J connectivity index is 1.80. The SMILES string of the molecule is N/C(=C\c1c(CC[C@H]2CCOC2)c[nH]c1N)c1ccccc1O. The van der Waals surface area contributed by atoms with Gasteiger partial charge in [-0.2, -0.15) is 0 Å². The predicted molar refractivity (Wildman–Crippen MR) is 92.6 cm³/mol. The number of hydrogen-bond acceptors (Lipinski definition) is 4. The lowest BCUT2D eigenvalue weighted by Gasteiger charge is -2.08. The molecular weight excluding hydrogens is 290 g/mol. The summed E-state index contributed by atoms with van der Waals surface area (Å²) >= 11 is 0. The molecule has 122 valence electrons. The maximum absolute atomic E-state index is 9.92. The number of aromatic nitrogens is 1. The molecule has 1 atom stereocenters. The van der Waals surface area contributed by atoms with Crippen molar-refractivity contribution in [1.29, 1.82) is 0 Å². The zero-order chi connectivity index (χ0) is 16.2. The number of H-pyrrole nitrogens is 1. The first kappa shape index (κ1) is 15.5. The zero-order valence-corrected chi connectivity index (χ0v) is 13.1. The number of nitrogens with one attached hydrogen (secondary N) is 1. The van der Waals surface area contributed by atoms with Crippen molar-refractivity contribution >= 4 is 17.6 Å². The molecule has 5 heteroatoms. The van der Waals surface area contributed by atoms with E-state index in [0.29, 0.717) is 23.0 Å². The monoisotopic (exact) mass is 313 g/mol. The summed E-state index contributed by atoms with van der Waals surface area (Å²) in [5.74, 6) is 1.39. The minimum absolute atomic E-state index is 0.167. The summed E-state index contributed by atoms with van der Waals surface area (Å²) in [5, 5.41) is 9.92. The minimum Gasteiger partial charge on any atom is -0.507 e. The highest BCUT2D eigenvalue weighted by Gasteiger charge is 2.17. The van der Waals surface area contributed by atoms with Gasteiger partial charge in [0, 0.05) is 36.2 Å². The standard InChI is InChI=1S/C18H23N3O2/c19-16(14-3-1-2-4-17(14)22)9-15-13(10-21-18(15)20)6-5-12-7-8-23-11-12/h1-4,9-10,12,21-22H,5-8,11,19-20H2/b16-9-/t12-/m0/s1. The first-order valence-corrected chi connectivity index (χ1v) is 7.94. The minimum atomic E-state index is 0.167. The van der Waals surface area contributed by atoms with Crippen LogP contribution in [0.2, 0.25) is 0 Å². The molecule has 3 rings (SSSR count). The van der Waals surface area contributed by atoms with Gasteiger partial charge in [0.25, 0.3) is 0 Å². The molecule has 0 unspecified atom stereocenters. The number of nitrogen functional groups attached to an aromatic ring is 1. The average Bonchev–Trinajstić information content (AvgIpc) is 3.17. The van der Waals surface area contributed by atoms with Crippen LogP contribution in [0.15, 0.2) is 30.5 Å². The molecule has 1 fully saturated rings. The normalized spacial score (nSPS) is 18.4. The summed E-state index contributed by atoms with van der Waals surface area (Å²) < 4.78 is 5.42. The Labute approximate surface area is 136 Å². The molecule has 1 aliphatic heterocycles. The van der Waals surface area contributed by atoms with Gasteiger partial charge in [0.2, 0.25) is 0 Å². The lowest BCUT2D eigenvalue weighted by Crippen LogP contribution is -2.02. The quantitative estimate of drug-likeness (QED) is 0.682. The fraction of sp³-hybridized carbons (Fsp3) is 0.333. The van der Waals surface area contributed by atoms with Gasteiger partial charge in [0.1, 0.15) is 11.6 Å². The largest absolute Gasteiger partial charge is 0.507 e. The summed E-state index contributed by atoms with van der Waals surface area (Å²) in [6, 6.07) is 7.03. The van der Waals surface area contributed by atoms with E-state index in [2.05, 4.69) is 4.98 Å². The Morgan fingerprint density at radius 2 is 2.22 bits per heavy atom. The van der Waals surface area contributed by atoms with Crippen LogP contribution in [0.25, 0.3) is 11.8 Å². The molecule has 0 bridgehead atoms. The number of para-hydroxylation sites is 1. The molecule has 2 heterocycles. The third-order valence-corrected chi connectivity index (χ3v) is 4.40. The molecule has 0 aliphatic carbocycles. The van der Waals surface area contributed by atoms with Gasteiger partial charge in [-0.25, -0.2) is 0 Å². The van der Waals surface area contributed by atoms with E-state index in [1.165, 1.54) is 0 Å². The van der Waals surface area contributed by atoms with Crippen molar-refractivity contribution in [2.24, 2.45) is 11.7 Å². The zero-order valence-electron chi connectivity index (χ0n) is 13.1. The number of phenolic OH excluding ortho intramolecular Hbond substituents is 1. The molecule has 0 saturated carbocycles. The summed E-state index contributed by atoms with van der Waals surface area (Å²) in [5.41, 5.74) is 15.4. The summed E-state index contributed by atoms with van der Waals surface area (Å²) in [6.45, 7) is 1.72. The number of phenols is 1. The number of aryl methyl sites for hydroxylation is 1. The van der Waals surface area contributed by atoms with E-state index in [0.717, 1.165) is 43.6 Å². The fourth-order valence-corrected chi connectivity index (χ4v) is 2.99. The van der Waals surface area contributed by atoms with Crippen molar-refractivity contribution in [3.8, 4) is 5.75 Å². The molecule has 0 amide bonds. The van der Waals surface area contributed by atoms with Gasteiger partial charge in [-0.15, -0.1) is 0 Å². The Kier molecular flexibility index (Phi) is 4.57. The van der Waals surface area contributed by atoms with Crippen molar-refractivity contribution in [2.75, 3.05) is 18.9 Å². The molecule has 0 spiro atoms. The van der Waals surface area contributed by atoms with Crippen molar-refractivity contribution in [3.05, 3.63) is 47.2 Å². The highest BCUT2D eigenvalue weighted by Crippen LogP contribution is 2.28. The molecule has 1 aromatic heterocycles. The number of anilines is 1. The third-order valence-electron chi connectivity index (χ3n) is 4.40. The van der Waals surface area contributed by atoms with Crippen LogP contribution in [-0.2, 0) is 11.2 Å². The molecule has 5 nitrogen and oxygen atoms in total. The van der Waals surface area contributed by atoms with Crippen LogP contribution in [-0.4, -0.2) is 23.3 Å². The number of ether oxygens (including phenoxy) is 1. The smallest absolute Gasteiger partial charge is 0.124 e. The Hall–Kier alpha value is -2.40. The van der Waals surface area contributed by atoms with E-state index in [-0.39, 0.29) is 5.75 Å². The van der Waals surface area contributed by atoms with Crippen LogP contribution in [0.3, 0.4) is 0 Å². The molecule has 1 aliphatic rings. The van der Waals surface area contributed by atoms with Crippen molar-refractivity contribution in [3.63, 3.8) is 0 Å². The molecule has 2 aromatic rings. The molecule has 6 N–H and O–H groups in total. The molecule has 0 radical (unpaired) electrons. The highest BCUT2D eigenvalue weighted by atomic mass is 16.5. The van der Waals surface area contributed by atoms with Crippen LogP contribution in [0.5, 0.6) is 5.75 Å². The van der Waals surface area contributed by atoms with Crippen molar-refractivity contribution in [1.82, 2.24) is 4.98 Å². The second kappa shape index (κ2) is 6.79. The number of aromatic amines is 1. The predicted octanol–water partition coefficient (Wildman–Crippen LogP) is 2.73. The van der Waals surface area contributed by atoms with E-state index in [1.54, 1.807) is 18.2 Å². The maximum Gasteiger partial charge on any atom is 0.124 e. The van der Waals surface area contributed by atoms with Crippen LogP contribution in [0, 0.1) is 5.92 Å². The second-order valence-electron chi connectivity index (χ2n) is 6.03. The second-order valence-corrected chi connectivity index (χ2v) is 6.03. The maximum atomic E-state index is 9.92. The van der Waals surface area contributed by atoms with Gasteiger partial charge in [-0.1, -0.05) is 12.1 Å². The lowest BCUT2D eigenvalue weighted by atomic mass is 9.97. The number of rotatable bonds is 5. The number of benzene rings is 1. The molecule has 1 aromatic carbocycles. The van der Waals surface area contributed by atoms with Crippen molar-refractivity contribution in [2.45, 2.75) is 19.3 Å². The topological polar surface area (TPSA) is 97.3 Å². The number of hydrogen-bond donors (Lipinski definition) is 4. The third kappa shape index (κ3) is 3.51. The van der Waals surface area contributed by atoms with E-state index < -0.39 is 0 Å². The summed E-state index contributed by atoms with van der Waals surface area (Å²) in [6.07, 6.45) is 6.91. The van der Waals surface area contributed by atoms with Crippen LogP contribution in [0.1, 0.15) is 29.5 Å². The lowest BCUT2D eigenvalue weighted by molar-refractivity contribution is 0.184. The Morgan fingerprint density at radius 1 is 1.39 bits per heavy atom. The first-order chi connectivity index (χ1) is 11.1. The molecular formula is C18H23N3O2. The molecule has 23 heavy (non-hydrogen) atoms. The van der Waals surface area contributed by atoms with E-state index in [9.17, 15) is 5.11 Å². The highest BCUT2D eigenvalue weighted by molar-refractivity contribution is 5.85. The van der Waals surface area contributed by atoms with Gasteiger partial charge < -0.3 is 26.3 Å². The average molecular weight is 313 g/mol. The van der Waals surface area contributed by atoms with E-state index in [4.69, 9.17) is 16.2 Å². The van der Waals surface area contributed by atoms with Crippen LogP contribution < -0.4 is 11.5 Å². The fourth-order valence-electron chi connectivity index (χ4n) is 2.99. The van der Waals surface area contributed by atoms with Gasteiger partial charge in [-0.3, -0.25) is 0 Å². The van der Waals surface area contributed by atoms with Crippen LogP contribution in [0.4, 0.5) is 5.82 Å². The first-order valence-electron chi connectivity index (χ1n) is 7.94. The van der Waals surface area contributed by atoms with Gasteiger partial charge in [-0.05, 0) is 49.0 Å². The Morgan fingerprint density at radius 3 is 2.96 bits per heavy atom. The van der Waals surface area contributed by atoms with Gasteiger partial charge in [0.05, 0.1) is 0 Å². The number of aromatic hydroxyl groups is 1.